The summed E-state index contributed by atoms with van der Waals surface area (Å²) in [5.74, 6) is 0. The van der Waals surface area contributed by atoms with Gasteiger partial charge in [0.25, 0.3) is 0 Å². The first kappa shape index (κ1) is 12.8. The molecule has 0 heterocycles. The summed E-state index contributed by atoms with van der Waals surface area (Å²) in [6, 6.07) is 7.55. The number of benzene rings is 1. The van der Waals surface area contributed by atoms with Crippen LogP contribution in [0.5, 0.6) is 0 Å². The van der Waals surface area contributed by atoms with Crippen LogP contribution in [0.3, 0.4) is 0 Å². The van der Waals surface area contributed by atoms with Gasteiger partial charge < -0.3 is 11.1 Å². The topological polar surface area (TPSA) is 61.8 Å². The molecule has 18 heavy (non-hydrogen) atoms. The SMILES string of the molecule is CCC1(CNc2cc(C#N)ccc2N)CCCC1. The Bertz CT molecular complexity index is 453. The minimum Gasteiger partial charge on any atom is -0.397 e. The number of nitrogens with one attached hydrogen (secondary N) is 1. The summed E-state index contributed by atoms with van der Waals surface area (Å²) in [5.41, 5.74) is 8.64. The highest BCUT2D eigenvalue weighted by molar-refractivity contribution is 5.68. The molecular formula is C15H21N3. The number of nitrogens with zero attached hydrogens (tertiary/aromatic N) is 1. The average Bonchev–Trinajstić information content (AvgIpc) is 2.87. The van der Waals surface area contributed by atoms with Crippen LogP contribution in [-0.2, 0) is 0 Å². The molecule has 1 aromatic carbocycles. The van der Waals surface area contributed by atoms with Gasteiger partial charge in [-0.05, 0) is 42.9 Å². The van der Waals surface area contributed by atoms with Gasteiger partial charge in [-0.15, -0.1) is 0 Å². The van der Waals surface area contributed by atoms with Gasteiger partial charge in [-0.25, -0.2) is 0 Å². The van der Waals surface area contributed by atoms with Crippen molar-refractivity contribution in [2.75, 3.05) is 17.6 Å². The molecule has 1 aromatic rings. The molecule has 1 aliphatic carbocycles. The lowest BCUT2D eigenvalue weighted by Gasteiger charge is -2.28. The first-order valence-electron chi connectivity index (χ1n) is 6.73. The Balaban J connectivity index is 2.08. The van der Waals surface area contributed by atoms with Crippen LogP contribution in [0.25, 0.3) is 0 Å². The molecule has 3 nitrogen and oxygen atoms in total. The first-order chi connectivity index (χ1) is 8.69. The fraction of sp³-hybridized carbons (Fsp3) is 0.533. The molecule has 0 aliphatic heterocycles. The minimum atomic E-state index is 0.426. The number of anilines is 2. The summed E-state index contributed by atoms with van der Waals surface area (Å²) >= 11 is 0. The lowest BCUT2D eigenvalue weighted by Crippen LogP contribution is -2.26. The Morgan fingerprint density at radius 2 is 2.11 bits per heavy atom. The van der Waals surface area contributed by atoms with E-state index in [2.05, 4.69) is 18.3 Å². The zero-order chi connectivity index (χ0) is 13.0. The number of nitrogens with two attached hydrogens (primary N) is 1. The molecule has 0 spiro atoms. The molecule has 3 N–H and O–H groups in total. The number of nitrogen functional groups attached to an aromatic ring is 1. The van der Waals surface area contributed by atoms with E-state index in [9.17, 15) is 0 Å². The van der Waals surface area contributed by atoms with Crippen LogP contribution in [0.1, 0.15) is 44.6 Å². The summed E-state index contributed by atoms with van der Waals surface area (Å²) in [6.45, 7) is 3.23. The van der Waals surface area contributed by atoms with Crippen molar-refractivity contribution in [3.63, 3.8) is 0 Å². The number of nitriles is 1. The van der Waals surface area contributed by atoms with Gasteiger partial charge in [-0.3, -0.25) is 0 Å². The van der Waals surface area contributed by atoms with Crippen LogP contribution in [-0.4, -0.2) is 6.54 Å². The quantitative estimate of drug-likeness (QED) is 0.795. The maximum Gasteiger partial charge on any atom is 0.0992 e. The van der Waals surface area contributed by atoms with E-state index in [1.54, 1.807) is 12.1 Å². The molecule has 0 unspecified atom stereocenters. The van der Waals surface area contributed by atoms with Gasteiger partial charge in [0, 0.05) is 6.54 Å². The lowest BCUT2D eigenvalue weighted by atomic mass is 9.83. The minimum absolute atomic E-state index is 0.426. The van der Waals surface area contributed by atoms with E-state index in [4.69, 9.17) is 11.0 Å². The van der Waals surface area contributed by atoms with E-state index < -0.39 is 0 Å². The van der Waals surface area contributed by atoms with Crippen molar-refractivity contribution in [1.82, 2.24) is 0 Å². The van der Waals surface area contributed by atoms with Gasteiger partial charge in [-0.1, -0.05) is 19.8 Å². The Morgan fingerprint density at radius 3 is 2.72 bits per heavy atom. The molecule has 0 amide bonds. The second-order valence-electron chi connectivity index (χ2n) is 5.33. The molecule has 1 aliphatic rings. The first-order valence-corrected chi connectivity index (χ1v) is 6.73. The van der Waals surface area contributed by atoms with Crippen LogP contribution in [0.2, 0.25) is 0 Å². The van der Waals surface area contributed by atoms with E-state index in [-0.39, 0.29) is 0 Å². The summed E-state index contributed by atoms with van der Waals surface area (Å²) in [4.78, 5) is 0. The fourth-order valence-electron chi connectivity index (χ4n) is 2.84. The third-order valence-corrected chi connectivity index (χ3v) is 4.25. The molecule has 0 saturated heterocycles. The van der Waals surface area contributed by atoms with Crippen molar-refractivity contribution in [2.45, 2.75) is 39.0 Å². The van der Waals surface area contributed by atoms with Gasteiger partial charge in [0.15, 0.2) is 0 Å². The summed E-state index contributed by atoms with van der Waals surface area (Å²) in [7, 11) is 0. The smallest absolute Gasteiger partial charge is 0.0992 e. The molecule has 96 valence electrons. The average molecular weight is 243 g/mol. The third-order valence-electron chi connectivity index (χ3n) is 4.25. The zero-order valence-corrected chi connectivity index (χ0v) is 11.0. The molecule has 0 radical (unpaired) electrons. The molecule has 3 heteroatoms. The monoisotopic (exact) mass is 243 g/mol. The molecule has 0 aromatic heterocycles. The lowest BCUT2D eigenvalue weighted by molar-refractivity contribution is 0.307. The fourth-order valence-corrected chi connectivity index (χ4v) is 2.84. The standard InChI is InChI=1S/C15H21N3/c1-2-15(7-3-4-8-15)11-18-14-9-12(10-16)5-6-13(14)17/h5-6,9,18H,2-4,7-8,11,17H2,1H3. The predicted molar refractivity (Wildman–Crippen MR) is 75.3 cm³/mol. The number of hydrogen-bond donors (Lipinski definition) is 2. The molecular weight excluding hydrogens is 222 g/mol. The molecule has 2 rings (SSSR count). The van der Waals surface area contributed by atoms with Crippen molar-refractivity contribution >= 4 is 11.4 Å². The molecule has 1 saturated carbocycles. The van der Waals surface area contributed by atoms with E-state index in [1.165, 1.54) is 32.1 Å². The predicted octanol–water partition coefficient (Wildman–Crippen LogP) is 3.52. The molecule has 0 atom stereocenters. The largest absolute Gasteiger partial charge is 0.397 e. The van der Waals surface area contributed by atoms with E-state index >= 15 is 0 Å². The normalized spacial score (nSPS) is 17.3. The summed E-state index contributed by atoms with van der Waals surface area (Å²) < 4.78 is 0. The van der Waals surface area contributed by atoms with Crippen LogP contribution in [0.4, 0.5) is 11.4 Å². The summed E-state index contributed by atoms with van der Waals surface area (Å²) in [5, 5.41) is 12.4. The van der Waals surface area contributed by atoms with E-state index in [1.807, 2.05) is 6.07 Å². The number of rotatable bonds is 4. The van der Waals surface area contributed by atoms with Crippen LogP contribution < -0.4 is 11.1 Å². The van der Waals surface area contributed by atoms with Gasteiger partial charge >= 0.3 is 0 Å². The highest BCUT2D eigenvalue weighted by atomic mass is 14.9. The maximum atomic E-state index is 8.91. The third kappa shape index (κ3) is 2.59. The van der Waals surface area contributed by atoms with E-state index in [0.29, 0.717) is 11.0 Å². The van der Waals surface area contributed by atoms with Crippen LogP contribution in [0.15, 0.2) is 18.2 Å². The van der Waals surface area contributed by atoms with Crippen molar-refractivity contribution in [3.8, 4) is 6.07 Å². The Morgan fingerprint density at radius 1 is 1.39 bits per heavy atom. The van der Waals surface area contributed by atoms with E-state index in [0.717, 1.165) is 17.9 Å². The summed E-state index contributed by atoms with van der Waals surface area (Å²) in [6.07, 6.45) is 6.48. The molecule has 0 bridgehead atoms. The van der Waals surface area contributed by atoms with Gasteiger partial charge in [-0.2, -0.15) is 5.26 Å². The Kier molecular flexibility index (Phi) is 3.76. The van der Waals surface area contributed by atoms with Crippen molar-refractivity contribution in [1.29, 1.82) is 5.26 Å². The zero-order valence-electron chi connectivity index (χ0n) is 11.0. The van der Waals surface area contributed by atoms with Crippen LogP contribution in [0, 0.1) is 16.7 Å². The Labute approximate surface area is 109 Å². The second kappa shape index (κ2) is 5.30. The van der Waals surface area contributed by atoms with Crippen molar-refractivity contribution in [2.24, 2.45) is 5.41 Å². The van der Waals surface area contributed by atoms with Crippen LogP contribution >= 0.6 is 0 Å². The van der Waals surface area contributed by atoms with Crippen molar-refractivity contribution < 1.29 is 0 Å². The second-order valence-corrected chi connectivity index (χ2v) is 5.33. The van der Waals surface area contributed by atoms with Gasteiger partial charge in [0.2, 0.25) is 0 Å². The molecule has 1 fully saturated rings. The van der Waals surface area contributed by atoms with Gasteiger partial charge in [0.1, 0.15) is 0 Å². The van der Waals surface area contributed by atoms with Crippen molar-refractivity contribution in [3.05, 3.63) is 23.8 Å². The highest BCUT2D eigenvalue weighted by Crippen LogP contribution is 2.41. The maximum absolute atomic E-state index is 8.91. The van der Waals surface area contributed by atoms with Gasteiger partial charge in [0.05, 0.1) is 23.0 Å². The Hall–Kier alpha value is -1.69. The highest BCUT2D eigenvalue weighted by Gasteiger charge is 2.31. The number of hydrogen-bond acceptors (Lipinski definition) is 3.